The second-order valence-corrected chi connectivity index (χ2v) is 6.71. The van der Waals surface area contributed by atoms with Crippen molar-refractivity contribution in [2.24, 2.45) is 0 Å². The Balaban J connectivity index is 1.91. The summed E-state index contributed by atoms with van der Waals surface area (Å²) in [6.07, 6.45) is -5.85. The van der Waals surface area contributed by atoms with E-state index in [1.54, 1.807) is 6.07 Å². The summed E-state index contributed by atoms with van der Waals surface area (Å²) in [5.41, 5.74) is -2.34. The fourth-order valence-electron chi connectivity index (χ4n) is 2.91. The van der Waals surface area contributed by atoms with E-state index in [-0.39, 0.29) is 18.9 Å². The van der Waals surface area contributed by atoms with Gasteiger partial charge < -0.3 is 19.6 Å². The van der Waals surface area contributed by atoms with Crippen molar-refractivity contribution in [3.63, 3.8) is 0 Å². The van der Waals surface area contributed by atoms with E-state index in [9.17, 15) is 27.5 Å². The van der Waals surface area contributed by atoms with Crippen LogP contribution >= 0.6 is 0 Å². The van der Waals surface area contributed by atoms with Crippen LogP contribution in [0.1, 0.15) is 18.9 Å². The molecule has 146 valence electrons. The van der Waals surface area contributed by atoms with Crippen molar-refractivity contribution in [3.05, 3.63) is 29.6 Å². The fourth-order valence-corrected chi connectivity index (χ4v) is 2.91. The first kappa shape index (κ1) is 20.4. The van der Waals surface area contributed by atoms with Crippen LogP contribution in [-0.4, -0.2) is 61.0 Å². The third kappa shape index (κ3) is 4.85. The van der Waals surface area contributed by atoms with Gasteiger partial charge in [0.1, 0.15) is 18.1 Å². The van der Waals surface area contributed by atoms with Gasteiger partial charge in [0.15, 0.2) is 5.60 Å². The van der Waals surface area contributed by atoms with Crippen LogP contribution in [0.15, 0.2) is 18.2 Å². The molecule has 1 aliphatic rings. The molecule has 0 aromatic heterocycles. The molecule has 1 atom stereocenters. The predicted octanol–water partition coefficient (Wildman–Crippen LogP) is 0.765. The molecule has 0 bridgehead atoms. The first-order valence-corrected chi connectivity index (χ1v) is 8.26. The summed E-state index contributed by atoms with van der Waals surface area (Å²) < 4.78 is 56.7. The minimum absolute atomic E-state index is 0.278. The van der Waals surface area contributed by atoms with Gasteiger partial charge >= 0.3 is 6.18 Å². The Morgan fingerprint density at radius 1 is 1.31 bits per heavy atom. The monoisotopic (exact) mass is 379 g/mol. The van der Waals surface area contributed by atoms with E-state index >= 15 is 0 Å². The van der Waals surface area contributed by atoms with Gasteiger partial charge in [-0.1, -0.05) is 0 Å². The van der Waals surface area contributed by atoms with Crippen LogP contribution in [0.25, 0.3) is 0 Å². The number of piperazine rings is 1. The summed E-state index contributed by atoms with van der Waals surface area (Å²) >= 11 is 0. The topological polar surface area (TPSA) is 54.2 Å². The zero-order valence-electron chi connectivity index (χ0n) is 14.7. The van der Waals surface area contributed by atoms with E-state index in [4.69, 9.17) is 4.74 Å². The number of hydrogen-bond donors (Lipinski definition) is 2. The normalized spacial score (nSPS) is 18.5. The van der Waals surface area contributed by atoms with Gasteiger partial charge in [-0.05, 0) is 25.1 Å². The molecule has 26 heavy (non-hydrogen) atoms. The van der Waals surface area contributed by atoms with Gasteiger partial charge in [0.2, 0.25) is 5.91 Å². The Hall–Kier alpha value is -1.87. The van der Waals surface area contributed by atoms with Crippen LogP contribution in [0, 0.1) is 5.82 Å². The van der Waals surface area contributed by atoms with Gasteiger partial charge in [0.05, 0.1) is 45.3 Å². The van der Waals surface area contributed by atoms with Crippen molar-refractivity contribution in [3.8, 4) is 5.75 Å². The Bertz CT molecular complexity index is 641. The Kier molecular flexibility index (Phi) is 6.13. The molecular weight excluding hydrogens is 356 g/mol. The maximum absolute atomic E-state index is 13.4. The lowest BCUT2D eigenvalue weighted by atomic mass is 10.0. The second-order valence-electron chi connectivity index (χ2n) is 6.71. The van der Waals surface area contributed by atoms with Crippen molar-refractivity contribution in [2.75, 3.05) is 33.3 Å². The largest absolute Gasteiger partial charge is 0.496 e. The van der Waals surface area contributed by atoms with Crippen molar-refractivity contribution < 1.29 is 37.1 Å². The highest BCUT2D eigenvalue weighted by molar-refractivity contribution is 5.77. The number of ether oxygens (including phenoxy) is 1. The Morgan fingerprint density at radius 2 is 1.92 bits per heavy atom. The molecule has 9 heteroatoms. The third-order valence-corrected chi connectivity index (χ3v) is 4.61. The quantitative estimate of drug-likeness (QED) is 0.743. The van der Waals surface area contributed by atoms with Gasteiger partial charge in [0.25, 0.3) is 0 Å². The van der Waals surface area contributed by atoms with Gasteiger partial charge in [-0.2, -0.15) is 13.2 Å². The molecule has 0 aliphatic carbocycles. The maximum Gasteiger partial charge on any atom is 0.417 e. The number of hydrogen-bond acceptors (Lipinski definition) is 3. The minimum atomic E-state index is -4.86. The highest BCUT2D eigenvalue weighted by Gasteiger charge is 2.51. The van der Waals surface area contributed by atoms with E-state index in [0.717, 1.165) is 4.90 Å². The molecule has 1 aromatic carbocycles. The van der Waals surface area contributed by atoms with Gasteiger partial charge in [-0.25, -0.2) is 4.39 Å². The number of quaternary nitrogens is 1. The molecule has 1 aromatic rings. The molecule has 2 rings (SSSR count). The van der Waals surface area contributed by atoms with E-state index in [1.807, 2.05) is 0 Å². The number of alkyl halides is 3. The zero-order valence-corrected chi connectivity index (χ0v) is 14.7. The highest BCUT2D eigenvalue weighted by atomic mass is 19.4. The molecule has 5 nitrogen and oxygen atoms in total. The first-order chi connectivity index (χ1) is 12.0. The number of aliphatic hydroxyl groups is 1. The number of methoxy groups -OCH3 is 1. The van der Waals surface area contributed by atoms with Crippen LogP contribution in [0.4, 0.5) is 17.6 Å². The summed E-state index contributed by atoms with van der Waals surface area (Å²) in [5.74, 6) is -0.531. The molecule has 0 spiro atoms. The molecule has 1 heterocycles. The van der Waals surface area contributed by atoms with Gasteiger partial charge in [0, 0.05) is 0 Å². The van der Waals surface area contributed by atoms with Crippen molar-refractivity contribution >= 4 is 5.91 Å². The van der Waals surface area contributed by atoms with Crippen molar-refractivity contribution in [2.45, 2.75) is 31.7 Å². The number of benzene rings is 1. The number of amides is 1. The average Bonchev–Trinajstić information content (AvgIpc) is 2.54. The maximum atomic E-state index is 13.4. The lowest BCUT2D eigenvalue weighted by Gasteiger charge is -2.34. The molecule has 1 fully saturated rings. The molecule has 1 amide bonds. The number of carbonyl (C=O) groups excluding carboxylic acids is 1. The number of nitrogens with one attached hydrogen (secondary N) is 1. The molecule has 1 saturated heterocycles. The second kappa shape index (κ2) is 7.79. The molecule has 0 radical (unpaired) electrons. The van der Waals surface area contributed by atoms with E-state index < -0.39 is 24.1 Å². The predicted molar refractivity (Wildman–Crippen MR) is 85.2 cm³/mol. The fraction of sp³-hybridized carbons (Fsp3) is 0.588. The standard InChI is InChI=1S/C17H22F4N2O3/c1-16(25,17(19,20)21)10-15(24)23-7-5-22(6-8-23)11-12-9-13(18)3-4-14(12)26-2/h3-4,9,25H,5-8,10-11H2,1-2H3/p+1/t16-/m0/s1. The summed E-state index contributed by atoms with van der Waals surface area (Å²) in [6, 6.07) is 4.24. The van der Waals surface area contributed by atoms with Crippen molar-refractivity contribution in [1.82, 2.24) is 4.90 Å². The van der Waals surface area contributed by atoms with E-state index in [1.165, 1.54) is 24.1 Å². The van der Waals surface area contributed by atoms with E-state index in [0.29, 0.717) is 37.9 Å². The van der Waals surface area contributed by atoms with E-state index in [2.05, 4.69) is 0 Å². The summed E-state index contributed by atoms with van der Waals surface area (Å²) in [4.78, 5) is 14.5. The smallest absolute Gasteiger partial charge is 0.417 e. The molecule has 1 aliphatic heterocycles. The lowest BCUT2D eigenvalue weighted by Crippen LogP contribution is -3.13. The molecule has 2 N–H and O–H groups in total. The van der Waals surface area contributed by atoms with Crippen LogP contribution < -0.4 is 9.64 Å². The van der Waals surface area contributed by atoms with Crippen LogP contribution in [0.2, 0.25) is 0 Å². The van der Waals surface area contributed by atoms with Gasteiger partial charge in [-0.3, -0.25) is 4.79 Å². The van der Waals surface area contributed by atoms with Crippen LogP contribution in [-0.2, 0) is 11.3 Å². The minimum Gasteiger partial charge on any atom is -0.496 e. The lowest BCUT2D eigenvalue weighted by molar-refractivity contribution is -0.917. The SMILES string of the molecule is COc1ccc(F)cc1C[NH+]1CCN(C(=O)C[C@](C)(O)C(F)(F)F)CC1. The number of halogens is 4. The Labute approximate surface area is 149 Å². The molecule has 0 unspecified atom stereocenters. The van der Waals surface area contributed by atoms with Crippen LogP contribution in [0.5, 0.6) is 5.75 Å². The first-order valence-electron chi connectivity index (χ1n) is 8.26. The number of nitrogens with zero attached hydrogens (tertiary/aromatic N) is 1. The van der Waals surface area contributed by atoms with Crippen molar-refractivity contribution in [1.29, 1.82) is 0 Å². The zero-order chi connectivity index (χ0) is 19.5. The summed E-state index contributed by atoms with van der Waals surface area (Å²) in [5, 5.41) is 9.46. The van der Waals surface area contributed by atoms with Crippen LogP contribution in [0.3, 0.4) is 0 Å². The third-order valence-electron chi connectivity index (χ3n) is 4.61. The summed E-state index contributed by atoms with van der Waals surface area (Å²) in [6.45, 7) is 2.67. The Morgan fingerprint density at radius 3 is 2.46 bits per heavy atom. The van der Waals surface area contributed by atoms with Gasteiger partial charge in [-0.15, -0.1) is 0 Å². The summed E-state index contributed by atoms with van der Waals surface area (Å²) in [7, 11) is 1.50. The molecule has 0 saturated carbocycles. The molecular formula is C17H23F4N2O3+. The average molecular weight is 379 g/mol. The highest BCUT2D eigenvalue weighted by Crippen LogP contribution is 2.33. The number of carbonyl (C=O) groups is 1. The number of rotatable bonds is 5.